The highest BCUT2D eigenvalue weighted by Crippen LogP contribution is 2.23. The Bertz CT molecular complexity index is 451. The summed E-state index contributed by atoms with van der Waals surface area (Å²) < 4.78 is 0. The van der Waals surface area contributed by atoms with Crippen molar-refractivity contribution in [2.75, 3.05) is 19.6 Å². The van der Waals surface area contributed by atoms with E-state index in [0.717, 1.165) is 25.1 Å². The number of benzene rings is 1. The highest BCUT2D eigenvalue weighted by Gasteiger charge is 2.25. The van der Waals surface area contributed by atoms with Crippen LogP contribution in [0.2, 0.25) is 10.0 Å². The normalized spacial score (nSPS) is 19.3. The van der Waals surface area contributed by atoms with Crippen LogP contribution < -0.4 is 5.73 Å². The molecule has 2 N–H and O–H groups in total. The van der Waals surface area contributed by atoms with E-state index < -0.39 is 0 Å². The number of halogens is 2. The summed E-state index contributed by atoms with van der Waals surface area (Å²) in [7, 11) is 0. The van der Waals surface area contributed by atoms with Gasteiger partial charge in [-0.3, -0.25) is 4.79 Å². The molecule has 1 aromatic carbocycles. The van der Waals surface area contributed by atoms with Crippen molar-refractivity contribution in [3.8, 4) is 0 Å². The van der Waals surface area contributed by atoms with Crippen molar-refractivity contribution in [1.29, 1.82) is 0 Å². The Morgan fingerprint density at radius 1 is 1.44 bits per heavy atom. The molecule has 98 valence electrons. The summed E-state index contributed by atoms with van der Waals surface area (Å²) in [4.78, 5) is 14.0. The molecule has 1 saturated heterocycles. The largest absolute Gasteiger partial charge is 0.342 e. The van der Waals surface area contributed by atoms with Crippen molar-refractivity contribution in [3.63, 3.8) is 0 Å². The number of nitrogens with zero attached hydrogens (tertiary/aromatic N) is 1. The van der Waals surface area contributed by atoms with Gasteiger partial charge in [0, 0.05) is 23.1 Å². The number of nitrogens with two attached hydrogens (primary N) is 1. The Morgan fingerprint density at radius 3 is 2.83 bits per heavy atom. The van der Waals surface area contributed by atoms with Crippen LogP contribution in [0.3, 0.4) is 0 Å². The molecule has 5 heteroatoms. The molecule has 1 atom stereocenters. The lowest BCUT2D eigenvalue weighted by molar-refractivity contribution is -0.129. The smallest absolute Gasteiger partial charge is 0.227 e. The number of carbonyl (C=O) groups is 1. The molecule has 0 aliphatic carbocycles. The third kappa shape index (κ3) is 3.16. The Kier molecular flexibility index (Phi) is 4.49. The quantitative estimate of drug-likeness (QED) is 0.927. The van der Waals surface area contributed by atoms with Crippen LogP contribution in [0.4, 0.5) is 0 Å². The SMILES string of the molecule is NCC1CCN(C(=O)Cc2ccc(Cl)cc2Cl)C1. The van der Waals surface area contributed by atoms with E-state index in [1.54, 1.807) is 18.2 Å². The maximum atomic E-state index is 12.1. The predicted molar refractivity (Wildman–Crippen MR) is 73.9 cm³/mol. The fraction of sp³-hybridized carbons (Fsp3) is 0.462. The van der Waals surface area contributed by atoms with E-state index in [-0.39, 0.29) is 5.91 Å². The van der Waals surface area contributed by atoms with Gasteiger partial charge in [-0.25, -0.2) is 0 Å². The van der Waals surface area contributed by atoms with Crippen molar-refractivity contribution in [2.45, 2.75) is 12.8 Å². The predicted octanol–water partition coefficient (Wildman–Crippen LogP) is 2.34. The van der Waals surface area contributed by atoms with Gasteiger partial charge in [0.2, 0.25) is 5.91 Å². The van der Waals surface area contributed by atoms with Gasteiger partial charge in [-0.15, -0.1) is 0 Å². The van der Waals surface area contributed by atoms with Crippen LogP contribution in [0.1, 0.15) is 12.0 Å². The Balaban J connectivity index is 1.99. The lowest BCUT2D eigenvalue weighted by Gasteiger charge is -2.16. The third-order valence-corrected chi connectivity index (χ3v) is 3.92. The first-order valence-electron chi connectivity index (χ1n) is 6.02. The van der Waals surface area contributed by atoms with E-state index in [9.17, 15) is 4.79 Å². The van der Waals surface area contributed by atoms with E-state index in [1.165, 1.54) is 0 Å². The van der Waals surface area contributed by atoms with Crippen LogP contribution in [0.25, 0.3) is 0 Å². The molecular weight excluding hydrogens is 271 g/mol. The average Bonchev–Trinajstić information content (AvgIpc) is 2.81. The first kappa shape index (κ1) is 13.7. The van der Waals surface area contributed by atoms with Crippen LogP contribution in [0.5, 0.6) is 0 Å². The summed E-state index contributed by atoms with van der Waals surface area (Å²) in [5, 5.41) is 1.13. The molecule has 0 saturated carbocycles. The first-order chi connectivity index (χ1) is 8.60. The zero-order chi connectivity index (χ0) is 13.1. The van der Waals surface area contributed by atoms with E-state index in [4.69, 9.17) is 28.9 Å². The summed E-state index contributed by atoms with van der Waals surface area (Å²) in [6.45, 7) is 2.21. The minimum Gasteiger partial charge on any atom is -0.342 e. The van der Waals surface area contributed by atoms with Crippen LogP contribution in [0, 0.1) is 5.92 Å². The summed E-state index contributed by atoms with van der Waals surface area (Å²) >= 11 is 11.9. The molecule has 18 heavy (non-hydrogen) atoms. The average molecular weight is 287 g/mol. The lowest BCUT2D eigenvalue weighted by Crippen LogP contribution is -2.31. The Hall–Kier alpha value is -0.770. The van der Waals surface area contributed by atoms with E-state index in [2.05, 4.69) is 0 Å². The van der Waals surface area contributed by atoms with Crippen molar-refractivity contribution >= 4 is 29.1 Å². The molecule has 3 nitrogen and oxygen atoms in total. The van der Waals surface area contributed by atoms with Crippen LogP contribution in [-0.4, -0.2) is 30.4 Å². The highest BCUT2D eigenvalue weighted by atomic mass is 35.5. The number of hydrogen-bond acceptors (Lipinski definition) is 2. The van der Waals surface area contributed by atoms with Crippen molar-refractivity contribution in [2.24, 2.45) is 11.7 Å². The fourth-order valence-electron chi connectivity index (χ4n) is 2.19. The minimum absolute atomic E-state index is 0.107. The topological polar surface area (TPSA) is 46.3 Å². The van der Waals surface area contributed by atoms with Gasteiger partial charge in [-0.2, -0.15) is 0 Å². The summed E-state index contributed by atoms with van der Waals surface area (Å²) in [6, 6.07) is 5.22. The summed E-state index contributed by atoms with van der Waals surface area (Å²) in [5.41, 5.74) is 6.44. The first-order valence-corrected chi connectivity index (χ1v) is 6.77. The van der Waals surface area contributed by atoms with Gasteiger partial charge in [0.25, 0.3) is 0 Å². The second-order valence-electron chi connectivity index (χ2n) is 4.64. The van der Waals surface area contributed by atoms with Crippen LogP contribution in [0.15, 0.2) is 18.2 Å². The summed E-state index contributed by atoms with van der Waals surface area (Å²) in [5.74, 6) is 0.546. The zero-order valence-electron chi connectivity index (χ0n) is 10.0. The van der Waals surface area contributed by atoms with Crippen molar-refractivity contribution in [1.82, 2.24) is 4.90 Å². The van der Waals surface area contributed by atoms with Crippen LogP contribution in [-0.2, 0) is 11.2 Å². The second-order valence-corrected chi connectivity index (χ2v) is 5.49. The van der Waals surface area contributed by atoms with Gasteiger partial charge >= 0.3 is 0 Å². The highest BCUT2D eigenvalue weighted by molar-refractivity contribution is 6.35. The van der Waals surface area contributed by atoms with Gasteiger partial charge in [0.05, 0.1) is 6.42 Å². The Labute approximate surface area is 117 Å². The summed E-state index contributed by atoms with van der Waals surface area (Å²) in [6.07, 6.45) is 1.32. The molecule has 1 amide bonds. The number of likely N-dealkylation sites (tertiary alicyclic amines) is 1. The van der Waals surface area contributed by atoms with Crippen molar-refractivity contribution in [3.05, 3.63) is 33.8 Å². The van der Waals surface area contributed by atoms with E-state index in [1.807, 2.05) is 4.90 Å². The minimum atomic E-state index is 0.107. The van der Waals surface area contributed by atoms with Gasteiger partial charge in [-0.1, -0.05) is 29.3 Å². The number of amides is 1. The molecule has 1 aliphatic rings. The Morgan fingerprint density at radius 2 is 2.22 bits per heavy atom. The molecule has 1 aliphatic heterocycles. The lowest BCUT2D eigenvalue weighted by atomic mass is 10.1. The zero-order valence-corrected chi connectivity index (χ0v) is 11.5. The van der Waals surface area contributed by atoms with E-state index in [0.29, 0.717) is 28.9 Å². The molecule has 0 aromatic heterocycles. The number of rotatable bonds is 3. The maximum absolute atomic E-state index is 12.1. The standard InChI is InChI=1S/C13H16Cl2N2O/c14-11-2-1-10(12(15)6-11)5-13(18)17-4-3-9(7-16)8-17/h1-2,6,9H,3-5,7-8,16H2. The van der Waals surface area contributed by atoms with Gasteiger partial charge in [-0.05, 0) is 36.6 Å². The fourth-order valence-corrected chi connectivity index (χ4v) is 2.67. The third-order valence-electron chi connectivity index (χ3n) is 3.33. The molecule has 2 rings (SSSR count). The molecule has 1 heterocycles. The molecule has 1 aromatic rings. The monoisotopic (exact) mass is 286 g/mol. The molecule has 0 radical (unpaired) electrons. The molecular formula is C13H16Cl2N2O. The molecule has 1 fully saturated rings. The van der Waals surface area contributed by atoms with Crippen molar-refractivity contribution < 1.29 is 4.79 Å². The van der Waals surface area contributed by atoms with Gasteiger partial charge in [0.1, 0.15) is 0 Å². The number of carbonyl (C=O) groups excluding carboxylic acids is 1. The van der Waals surface area contributed by atoms with E-state index >= 15 is 0 Å². The molecule has 0 spiro atoms. The number of hydrogen-bond donors (Lipinski definition) is 1. The maximum Gasteiger partial charge on any atom is 0.227 e. The van der Waals surface area contributed by atoms with Gasteiger partial charge in [0.15, 0.2) is 0 Å². The molecule has 1 unspecified atom stereocenters. The van der Waals surface area contributed by atoms with Gasteiger partial charge < -0.3 is 10.6 Å². The second kappa shape index (κ2) is 5.91. The van der Waals surface area contributed by atoms with Crippen LogP contribution >= 0.6 is 23.2 Å². The molecule has 0 bridgehead atoms.